The Labute approximate surface area is 127 Å². The third-order valence-electron chi connectivity index (χ3n) is 3.29. The molecule has 2 N–H and O–H groups in total. The predicted molar refractivity (Wildman–Crippen MR) is 77.6 cm³/mol. The quantitative estimate of drug-likeness (QED) is 0.810. The summed E-state index contributed by atoms with van der Waals surface area (Å²) in [5, 5.41) is 3.11. The minimum absolute atomic E-state index is 0.113. The molecule has 8 heteroatoms. The molecule has 1 aliphatic heterocycles. The van der Waals surface area contributed by atoms with Crippen LogP contribution in [0.2, 0.25) is 0 Å². The maximum absolute atomic E-state index is 12.6. The Kier molecular flexibility index (Phi) is 5.25. The van der Waals surface area contributed by atoms with Crippen LogP contribution in [0.4, 0.5) is 13.2 Å². The van der Waals surface area contributed by atoms with Crippen LogP contribution in [0, 0.1) is 0 Å². The average molecular weight is 334 g/mol. The van der Waals surface area contributed by atoms with Gasteiger partial charge in [-0.05, 0) is 24.6 Å². The van der Waals surface area contributed by atoms with Crippen molar-refractivity contribution in [1.82, 2.24) is 10.0 Å². The predicted octanol–water partition coefficient (Wildman–Crippen LogP) is 2.04. The summed E-state index contributed by atoms with van der Waals surface area (Å²) in [6.45, 7) is 1.69. The first-order valence-corrected chi connectivity index (χ1v) is 8.43. The van der Waals surface area contributed by atoms with Crippen LogP contribution in [0.15, 0.2) is 35.9 Å². The van der Waals surface area contributed by atoms with Gasteiger partial charge in [0.2, 0.25) is 10.0 Å². The molecule has 122 valence electrons. The first-order chi connectivity index (χ1) is 10.3. The number of sulfonamides is 1. The summed E-state index contributed by atoms with van der Waals surface area (Å²) >= 11 is 0. The Morgan fingerprint density at radius 1 is 1.27 bits per heavy atom. The second-order valence-electron chi connectivity index (χ2n) is 5.09. The zero-order valence-corrected chi connectivity index (χ0v) is 12.6. The van der Waals surface area contributed by atoms with Crippen molar-refractivity contribution in [1.29, 1.82) is 0 Å². The van der Waals surface area contributed by atoms with Crippen LogP contribution in [0.1, 0.15) is 17.5 Å². The first-order valence-electron chi connectivity index (χ1n) is 6.78. The number of alkyl halides is 3. The lowest BCUT2D eigenvalue weighted by Crippen LogP contribution is -2.30. The highest BCUT2D eigenvalue weighted by molar-refractivity contribution is 7.88. The molecule has 1 aromatic carbocycles. The summed E-state index contributed by atoms with van der Waals surface area (Å²) in [7, 11) is -3.67. The molecule has 0 bridgehead atoms. The first kappa shape index (κ1) is 17.0. The Morgan fingerprint density at radius 2 is 2.05 bits per heavy atom. The molecule has 0 atom stereocenters. The fraction of sp³-hybridized carbons (Fsp3) is 0.429. The Balaban J connectivity index is 2.01. The molecule has 0 saturated heterocycles. The molecule has 0 aromatic heterocycles. The lowest BCUT2D eigenvalue weighted by molar-refractivity contribution is -0.137. The van der Waals surface area contributed by atoms with Crippen LogP contribution in [0.5, 0.6) is 0 Å². The summed E-state index contributed by atoms with van der Waals surface area (Å²) in [5.74, 6) is -0.470. The van der Waals surface area contributed by atoms with Gasteiger partial charge in [-0.2, -0.15) is 13.2 Å². The van der Waals surface area contributed by atoms with Crippen molar-refractivity contribution in [3.8, 4) is 0 Å². The average Bonchev–Trinajstić information content (AvgIpc) is 2.45. The van der Waals surface area contributed by atoms with Gasteiger partial charge < -0.3 is 5.32 Å². The normalized spacial score (nSPS) is 16.4. The van der Waals surface area contributed by atoms with E-state index in [-0.39, 0.29) is 12.1 Å². The molecule has 1 heterocycles. The van der Waals surface area contributed by atoms with Crippen LogP contribution in [-0.2, 0) is 22.0 Å². The highest BCUT2D eigenvalue weighted by atomic mass is 32.2. The van der Waals surface area contributed by atoms with Crippen LogP contribution in [0.3, 0.4) is 0 Å². The van der Waals surface area contributed by atoms with Gasteiger partial charge in [-0.1, -0.05) is 29.8 Å². The van der Waals surface area contributed by atoms with Gasteiger partial charge in [0.1, 0.15) is 0 Å². The molecule has 0 aliphatic carbocycles. The molecule has 0 saturated carbocycles. The molecular formula is C14H17F3N2O2S. The molecule has 0 spiro atoms. The van der Waals surface area contributed by atoms with E-state index in [2.05, 4.69) is 10.0 Å². The second kappa shape index (κ2) is 6.80. The number of nitrogens with one attached hydrogen (secondary N) is 2. The molecule has 1 aromatic rings. The fourth-order valence-corrected chi connectivity index (χ4v) is 3.27. The maximum Gasteiger partial charge on any atom is 0.416 e. The topological polar surface area (TPSA) is 58.2 Å². The van der Waals surface area contributed by atoms with E-state index in [9.17, 15) is 21.6 Å². The molecule has 0 fully saturated rings. The third-order valence-corrected chi connectivity index (χ3v) is 4.59. The van der Waals surface area contributed by atoms with Crippen molar-refractivity contribution in [2.45, 2.75) is 18.3 Å². The van der Waals surface area contributed by atoms with Crippen molar-refractivity contribution in [2.24, 2.45) is 0 Å². The lowest BCUT2D eigenvalue weighted by atomic mass is 10.1. The minimum atomic E-state index is -4.48. The largest absolute Gasteiger partial charge is 0.416 e. The van der Waals surface area contributed by atoms with Gasteiger partial charge in [-0.3, -0.25) is 0 Å². The smallest absolute Gasteiger partial charge is 0.313 e. The molecule has 4 nitrogen and oxygen atoms in total. The van der Waals surface area contributed by atoms with Crippen molar-refractivity contribution in [3.63, 3.8) is 0 Å². The van der Waals surface area contributed by atoms with E-state index in [0.29, 0.717) is 6.54 Å². The van der Waals surface area contributed by atoms with E-state index < -0.39 is 27.5 Å². The van der Waals surface area contributed by atoms with Gasteiger partial charge in [0, 0.05) is 13.1 Å². The van der Waals surface area contributed by atoms with Gasteiger partial charge in [0.25, 0.3) is 0 Å². The van der Waals surface area contributed by atoms with E-state index in [1.54, 1.807) is 0 Å². The van der Waals surface area contributed by atoms with Crippen LogP contribution >= 0.6 is 0 Å². The van der Waals surface area contributed by atoms with Crippen LogP contribution < -0.4 is 10.0 Å². The third kappa shape index (κ3) is 5.11. The van der Waals surface area contributed by atoms with Gasteiger partial charge in [0.05, 0.1) is 11.3 Å². The zero-order chi connectivity index (χ0) is 16.2. The van der Waals surface area contributed by atoms with Crippen molar-refractivity contribution in [2.75, 3.05) is 19.6 Å². The molecule has 0 radical (unpaired) electrons. The van der Waals surface area contributed by atoms with Crippen molar-refractivity contribution < 1.29 is 21.6 Å². The summed E-state index contributed by atoms with van der Waals surface area (Å²) < 4.78 is 64.2. The maximum atomic E-state index is 12.6. The standard InChI is InChI=1S/C14H17F3N2O2S/c15-14(16,17)13-3-1-2-12(8-13)10-22(20,21)19-9-11-4-6-18-7-5-11/h1-4,8,18-19H,5-7,9-10H2. The van der Waals surface area contributed by atoms with Crippen molar-refractivity contribution >= 4 is 10.0 Å². The molecule has 22 heavy (non-hydrogen) atoms. The van der Waals surface area contributed by atoms with E-state index in [1.807, 2.05) is 6.08 Å². The van der Waals surface area contributed by atoms with Gasteiger partial charge >= 0.3 is 6.18 Å². The molecule has 0 unspecified atom stereocenters. The summed E-state index contributed by atoms with van der Waals surface area (Å²) in [6, 6.07) is 4.37. The minimum Gasteiger partial charge on any atom is -0.313 e. The number of benzene rings is 1. The van der Waals surface area contributed by atoms with Crippen LogP contribution in [0.25, 0.3) is 0 Å². The summed E-state index contributed by atoms with van der Waals surface area (Å²) in [4.78, 5) is 0. The number of hydrogen-bond acceptors (Lipinski definition) is 3. The van der Waals surface area contributed by atoms with Crippen LogP contribution in [-0.4, -0.2) is 28.1 Å². The molecule has 2 rings (SSSR count). The fourth-order valence-electron chi connectivity index (χ4n) is 2.14. The van der Waals surface area contributed by atoms with E-state index >= 15 is 0 Å². The Bertz CT molecular complexity index is 654. The molecular weight excluding hydrogens is 317 g/mol. The lowest BCUT2D eigenvalue weighted by Gasteiger charge is -2.15. The number of hydrogen-bond donors (Lipinski definition) is 2. The highest BCUT2D eigenvalue weighted by Crippen LogP contribution is 2.29. The van der Waals surface area contributed by atoms with Gasteiger partial charge in [0.15, 0.2) is 0 Å². The summed E-state index contributed by atoms with van der Waals surface area (Å²) in [6.07, 6.45) is -1.81. The molecule has 1 aliphatic rings. The monoisotopic (exact) mass is 334 g/mol. The summed E-state index contributed by atoms with van der Waals surface area (Å²) in [5.41, 5.74) is 0.245. The van der Waals surface area contributed by atoms with Gasteiger partial charge in [-0.25, -0.2) is 13.1 Å². The Morgan fingerprint density at radius 3 is 2.68 bits per heavy atom. The highest BCUT2D eigenvalue weighted by Gasteiger charge is 2.30. The number of rotatable bonds is 5. The van der Waals surface area contributed by atoms with Gasteiger partial charge in [-0.15, -0.1) is 0 Å². The van der Waals surface area contributed by atoms with E-state index in [4.69, 9.17) is 0 Å². The second-order valence-corrected chi connectivity index (χ2v) is 6.90. The molecule has 0 amide bonds. The SMILES string of the molecule is O=S(=O)(Cc1cccc(C(F)(F)F)c1)NCC1=CCNCC1. The van der Waals surface area contributed by atoms with E-state index in [0.717, 1.165) is 30.7 Å². The Hall–Kier alpha value is -1.38. The van der Waals surface area contributed by atoms with Crippen molar-refractivity contribution in [3.05, 3.63) is 47.0 Å². The van der Waals surface area contributed by atoms with E-state index in [1.165, 1.54) is 12.1 Å². The number of halogens is 3. The zero-order valence-electron chi connectivity index (χ0n) is 11.8.